The van der Waals surface area contributed by atoms with E-state index in [4.69, 9.17) is 22.2 Å². The quantitative estimate of drug-likeness (QED) is 0.509. The van der Waals surface area contributed by atoms with Crippen molar-refractivity contribution in [3.05, 3.63) is 57.6 Å². The highest BCUT2D eigenvalue weighted by molar-refractivity contribution is 6.30. The van der Waals surface area contributed by atoms with Crippen molar-refractivity contribution in [3.8, 4) is 11.5 Å². The minimum Gasteiger partial charge on any atom is -0.450 e. The number of anilines is 1. The molecule has 2 aromatic rings. The van der Waals surface area contributed by atoms with Gasteiger partial charge < -0.3 is 10.2 Å². The fourth-order valence-electron chi connectivity index (χ4n) is 1.47. The summed E-state index contributed by atoms with van der Waals surface area (Å²) < 4.78 is 5.46. The van der Waals surface area contributed by atoms with Crippen LogP contribution in [0.3, 0.4) is 0 Å². The summed E-state index contributed by atoms with van der Waals surface area (Å²) in [4.78, 5) is 10.4. The Morgan fingerprint density at radius 3 is 2.47 bits per heavy atom. The predicted molar refractivity (Wildman–Crippen MR) is 72.4 cm³/mol. The van der Waals surface area contributed by atoms with Crippen LogP contribution in [0.2, 0.25) is 5.02 Å². The van der Waals surface area contributed by atoms with Crippen LogP contribution in [0.25, 0.3) is 0 Å². The number of rotatable bonds is 4. The van der Waals surface area contributed by atoms with Crippen LogP contribution in [0, 0.1) is 10.1 Å². The molecule has 0 aliphatic heterocycles. The van der Waals surface area contributed by atoms with Crippen LogP contribution in [0.1, 0.15) is 0 Å². The van der Waals surface area contributed by atoms with Gasteiger partial charge in [0.1, 0.15) is 5.75 Å². The summed E-state index contributed by atoms with van der Waals surface area (Å²) in [6.45, 7) is 0. The van der Waals surface area contributed by atoms with Crippen LogP contribution in [-0.2, 0) is 0 Å². The minimum atomic E-state index is -0.536. The van der Waals surface area contributed by atoms with Crippen molar-refractivity contribution in [2.75, 3.05) is 5.43 Å². The third kappa shape index (κ3) is 3.12. The number of hydrazine groups is 1. The molecular formula is C12H10ClN3O3. The van der Waals surface area contributed by atoms with E-state index in [0.29, 0.717) is 16.5 Å². The molecule has 0 saturated heterocycles. The number of hydrogen-bond acceptors (Lipinski definition) is 5. The van der Waals surface area contributed by atoms with Gasteiger partial charge in [0, 0.05) is 11.1 Å². The van der Waals surface area contributed by atoms with Gasteiger partial charge in [-0.1, -0.05) is 11.6 Å². The maximum absolute atomic E-state index is 11.0. The monoisotopic (exact) mass is 279 g/mol. The average molecular weight is 280 g/mol. The van der Waals surface area contributed by atoms with Gasteiger partial charge in [-0.2, -0.15) is 0 Å². The van der Waals surface area contributed by atoms with Gasteiger partial charge in [-0.15, -0.1) is 0 Å². The second-order valence-electron chi connectivity index (χ2n) is 3.64. The summed E-state index contributed by atoms with van der Waals surface area (Å²) in [5, 5.41) is 11.5. The molecule has 0 amide bonds. The number of hydrogen-bond donors (Lipinski definition) is 2. The molecule has 7 heteroatoms. The number of nitrogens with two attached hydrogens (primary N) is 1. The molecule has 0 aliphatic carbocycles. The van der Waals surface area contributed by atoms with E-state index in [1.807, 2.05) is 0 Å². The molecule has 98 valence electrons. The largest absolute Gasteiger partial charge is 0.450 e. The van der Waals surface area contributed by atoms with Crippen LogP contribution < -0.4 is 16.0 Å². The zero-order valence-corrected chi connectivity index (χ0v) is 10.4. The van der Waals surface area contributed by atoms with E-state index in [1.54, 1.807) is 30.3 Å². The summed E-state index contributed by atoms with van der Waals surface area (Å²) >= 11 is 5.75. The van der Waals surface area contributed by atoms with Crippen molar-refractivity contribution in [3.63, 3.8) is 0 Å². The summed E-state index contributed by atoms with van der Waals surface area (Å²) in [5.41, 5.74) is 2.59. The Morgan fingerprint density at radius 1 is 1.21 bits per heavy atom. The zero-order chi connectivity index (χ0) is 13.8. The third-order valence-electron chi connectivity index (χ3n) is 2.36. The number of nitro benzene ring substituents is 1. The lowest BCUT2D eigenvalue weighted by molar-refractivity contribution is -0.385. The number of nitro groups is 1. The Balaban J connectivity index is 2.33. The van der Waals surface area contributed by atoms with E-state index in [9.17, 15) is 10.1 Å². The highest BCUT2D eigenvalue weighted by atomic mass is 35.5. The third-order valence-corrected chi connectivity index (χ3v) is 2.62. The van der Waals surface area contributed by atoms with E-state index in [2.05, 4.69) is 5.43 Å². The van der Waals surface area contributed by atoms with Crippen LogP contribution in [0.4, 0.5) is 11.4 Å². The van der Waals surface area contributed by atoms with Gasteiger partial charge in [-0.25, -0.2) is 0 Å². The van der Waals surface area contributed by atoms with Gasteiger partial charge in [-0.3, -0.25) is 16.0 Å². The first kappa shape index (κ1) is 13.1. The van der Waals surface area contributed by atoms with Crippen molar-refractivity contribution in [2.45, 2.75) is 0 Å². The number of nitrogens with one attached hydrogen (secondary N) is 1. The van der Waals surface area contributed by atoms with Gasteiger partial charge in [-0.05, 0) is 36.4 Å². The van der Waals surface area contributed by atoms with E-state index in [0.717, 1.165) is 0 Å². The van der Waals surface area contributed by atoms with Gasteiger partial charge in [0.05, 0.1) is 10.6 Å². The Morgan fingerprint density at radius 2 is 1.89 bits per heavy atom. The minimum absolute atomic E-state index is 0.131. The fraction of sp³-hybridized carbons (Fsp3) is 0. The molecule has 0 unspecified atom stereocenters. The average Bonchev–Trinajstić information content (AvgIpc) is 2.41. The summed E-state index contributed by atoms with van der Waals surface area (Å²) in [7, 11) is 0. The van der Waals surface area contributed by atoms with E-state index >= 15 is 0 Å². The molecular weight excluding hydrogens is 270 g/mol. The Hall–Kier alpha value is -2.31. The van der Waals surface area contributed by atoms with Crippen LogP contribution in [-0.4, -0.2) is 4.92 Å². The van der Waals surface area contributed by atoms with Crippen LogP contribution >= 0.6 is 11.6 Å². The molecule has 0 radical (unpaired) electrons. The maximum Gasteiger partial charge on any atom is 0.313 e. The van der Waals surface area contributed by atoms with Crippen molar-refractivity contribution in [2.24, 2.45) is 5.84 Å². The van der Waals surface area contributed by atoms with Crippen molar-refractivity contribution < 1.29 is 9.66 Å². The lowest BCUT2D eigenvalue weighted by Crippen LogP contribution is -2.07. The van der Waals surface area contributed by atoms with Crippen molar-refractivity contribution in [1.82, 2.24) is 0 Å². The first-order valence-corrected chi connectivity index (χ1v) is 5.66. The molecule has 3 N–H and O–H groups in total. The van der Waals surface area contributed by atoms with Crippen LogP contribution in [0.5, 0.6) is 11.5 Å². The first-order valence-electron chi connectivity index (χ1n) is 5.28. The van der Waals surface area contributed by atoms with E-state index in [1.165, 1.54) is 12.1 Å². The lowest BCUT2D eigenvalue weighted by Gasteiger charge is -2.07. The van der Waals surface area contributed by atoms with Gasteiger partial charge in [0.2, 0.25) is 5.75 Å². The molecule has 0 aliphatic rings. The van der Waals surface area contributed by atoms with Crippen molar-refractivity contribution >= 4 is 23.0 Å². The summed E-state index contributed by atoms with van der Waals surface area (Å²) in [6.07, 6.45) is 0. The number of nitrogen functional groups attached to an aromatic ring is 1. The highest BCUT2D eigenvalue weighted by Crippen LogP contribution is 2.33. The zero-order valence-electron chi connectivity index (χ0n) is 9.67. The van der Waals surface area contributed by atoms with Gasteiger partial charge >= 0.3 is 5.69 Å². The number of benzene rings is 2. The van der Waals surface area contributed by atoms with E-state index in [-0.39, 0.29) is 11.4 Å². The van der Waals surface area contributed by atoms with E-state index < -0.39 is 4.92 Å². The predicted octanol–water partition coefficient (Wildman–Crippen LogP) is 3.33. The summed E-state index contributed by atoms with van der Waals surface area (Å²) in [5.74, 6) is 5.80. The standard InChI is InChI=1S/C12H10ClN3O3/c13-8-1-4-10(5-2-8)19-12-6-3-9(15-14)7-11(12)16(17)18/h1-7,15H,14H2. The number of nitrogens with zero attached hydrogens (tertiary/aromatic N) is 1. The Bertz CT molecular complexity index is 602. The summed E-state index contributed by atoms with van der Waals surface area (Å²) in [6, 6.07) is 10.9. The molecule has 2 aromatic carbocycles. The molecule has 2 rings (SSSR count). The highest BCUT2D eigenvalue weighted by Gasteiger charge is 2.16. The molecule has 0 heterocycles. The Labute approximate surface area is 113 Å². The van der Waals surface area contributed by atoms with Gasteiger partial charge in [0.15, 0.2) is 0 Å². The number of halogens is 1. The molecule has 0 fully saturated rings. The van der Waals surface area contributed by atoms with Crippen molar-refractivity contribution in [1.29, 1.82) is 0 Å². The normalized spacial score (nSPS) is 10.0. The molecule has 0 bridgehead atoms. The van der Waals surface area contributed by atoms with Crippen LogP contribution in [0.15, 0.2) is 42.5 Å². The topological polar surface area (TPSA) is 90.4 Å². The maximum atomic E-state index is 11.0. The fourth-order valence-corrected chi connectivity index (χ4v) is 1.59. The molecule has 6 nitrogen and oxygen atoms in total. The molecule has 0 aromatic heterocycles. The molecule has 19 heavy (non-hydrogen) atoms. The molecule has 0 atom stereocenters. The smallest absolute Gasteiger partial charge is 0.313 e. The Kier molecular flexibility index (Phi) is 3.84. The second kappa shape index (κ2) is 5.55. The second-order valence-corrected chi connectivity index (χ2v) is 4.08. The van der Waals surface area contributed by atoms with Gasteiger partial charge in [0.25, 0.3) is 0 Å². The molecule has 0 saturated carbocycles. The first-order chi connectivity index (χ1) is 9.10. The number of ether oxygens (including phenoxy) is 1. The molecule has 0 spiro atoms. The lowest BCUT2D eigenvalue weighted by atomic mass is 10.2. The SMILES string of the molecule is NNc1ccc(Oc2ccc(Cl)cc2)c([N+](=O)[O-])c1.